The molecule has 0 atom stereocenters. The Kier molecular flexibility index (Phi) is 3.63. The third-order valence-electron chi connectivity index (χ3n) is 5.45. The highest BCUT2D eigenvalue weighted by Crippen LogP contribution is 2.36. The van der Waals surface area contributed by atoms with Crippen LogP contribution in [0.5, 0.6) is 0 Å². The van der Waals surface area contributed by atoms with Crippen LogP contribution in [-0.4, -0.2) is 15.3 Å². The van der Waals surface area contributed by atoms with Crippen LogP contribution >= 0.6 is 11.3 Å². The standard InChI is InChI=1S/C24H15N3O2S/c28-22-20(21-23(29)27-19-13-7-5-11-17(19)25-24(27)30-21)16-10-4-6-12-18(16)26(22)14-15-8-2-1-3-9-15/h1-13H,14H2/b21-20+. The first-order valence-electron chi connectivity index (χ1n) is 9.62. The molecule has 5 nitrogen and oxygen atoms in total. The molecule has 0 saturated carbocycles. The van der Waals surface area contributed by atoms with Gasteiger partial charge in [0.1, 0.15) is 4.53 Å². The number of imidazole rings is 1. The normalized spacial score (nSPS) is 15.3. The van der Waals surface area contributed by atoms with Crippen molar-refractivity contribution >= 4 is 44.5 Å². The van der Waals surface area contributed by atoms with E-state index in [0.717, 1.165) is 27.8 Å². The molecule has 0 radical (unpaired) electrons. The Hall–Kier alpha value is -3.77. The molecule has 0 N–H and O–H groups in total. The van der Waals surface area contributed by atoms with Crippen LogP contribution < -0.4 is 15.0 Å². The topological polar surface area (TPSA) is 54.7 Å². The second-order valence-corrected chi connectivity index (χ2v) is 8.20. The molecule has 0 bridgehead atoms. The van der Waals surface area contributed by atoms with E-state index in [0.29, 0.717) is 21.6 Å². The van der Waals surface area contributed by atoms with Gasteiger partial charge in [-0.2, -0.15) is 0 Å². The molecule has 1 aliphatic heterocycles. The van der Waals surface area contributed by atoms with E-state index in [1.54, 1.807) is 9.30 Å². The zero-order valence-electron chi connectivity index (χ0n) is 15.8. The van der Waals surface area contributed by atoms with Crippen molar-refractivity contribution in [3.05, 3.63) is 105 Å². The maximum atomic E-state index is 13.5. The van der Waals surface area contributed by atoms with E-state index in [2.05, 4.69) is 4.98 Å². The zero-order valence-corrected chi connectivity index (χ0v) is 16.6. The smallest absolute Gasteiger partial charge is 0.275 e. The molecule has 6 rings (SSSR count). The summed E-state index contributed by atoms with van der Waals surface area (Å²) in [6, 6.07) is 25.1. The van der Waals surface area contributed by atoms with Crippen molar-refractivity contribution in [1.82, 2.24) is 9.38 Å². The van der Waals surface area contributed by atoms with E-state index in [4.69, 9.17) is 0 Å². The minimum atomic E-state index is -0.191. The van der Waals surface area contributed by atoms with Crippen molar-refractivity contribution < 1.29 is 4.79 Å². The fourth-order valence-electron chi connectivity index (χ4n) is 4.09. The van der Waals surface area contributed by atoms with E-state index < -0.39 is 0 Å². The van der Waals surface area contributed by atoms with Crippen LogP contribution in [0.3, 0.4) is 0 Å². The predicted molar refractivity (Wildman–Crippen MR) is 119 cm³/mol. The molecule has 3 aromatic carbocycles. The molecular weight excluding hydrogens is 394 g/mol. The number of carbonyl (C=O) groups excluding carboxylic acids is 1. The first kappa shape index (κ1) is 17.1. The van der Waals surface area contributed by atoms with Gasteiger partial charge in [-0.1, -0.05) is 72.0 Å². The van der Waals surface area contributed by atoms with Gasteiger partial charge in [0, 0.05) is 5.56 Å². The van der Waals surface area contributed by atoms with Gasteiger partial charge in [0.2, 0.25) is 0 Å². The molecule has 2 aromatic heterocycles. The lowest BCUT2D eigenvalue weighted by Crippen LogP contribution is -2.31. The molecule has 144 valence electrons. The van der Waals surface area contributed by atoms with Crippen molar-refractivity contribution in [2.24, 2.45) is 0 Å². The van der Waals surface area contributed by atoms with Crippen molar-refractivity contribution in [2.45, 2.75) is 6.54 Å². The van der Waals surface area contributed by atoms with Crippen LogP contribution in [0.25, 0.3) is 21.6 Å². The van der Waals surface area contributed by atoms with Crippen LogP contribution in [0.2, 0.25) is 0 Å². The maximum Gasteiger partial charge on any atom is 0.275 e. The second-order valence-electron chi connectivity index (χ2n) is 7.22. The van der Waals surface area contributed by atoms with Gasteiger partial charge in [-0.05, 0) is 23.8 Å². The van der Waals surface area contributed by atoms with Gasteiger partial charge in [-0.3, -0.25) is 9.59 Å². The number of benzene rings is 3. The van der Waals surface area contributed by atoms with Gasteiger partial charge in [0.25, 0.3) is 11.5 Å². The van der Waals surface area contributed by atoms with Crippen LogP contribution in [0, 0.1) is 0 Å². The lowest BCUT2D eigenvalue weighted by molar-refractivity contribution is -0.113. The SMILES string of the molecule is O=C1/C(=c2/sc3nc4ccccc4n3c2=O)c2ccccc2N1Cc1ccccc1. The van der Waals surface area contributed by atoms with Crippen LogP contribution in [0.1, 0.15) is 11.1 Å². The minimum Gasteiger partial charge on any atom is -0.303 e. The van der Waals surface area contributed by atoms with Crippen molar-refractivity contribution in [3.63, 3.8) is 0 Å². The molecule has 5 aromatic rings. The summed E-state index contributed by atoms with van der Waals surface area (Å²) in [5, 5.41) is 0. The third-order valence-corrected chi connectivity index (χ3v) is 6.49. The van der Waals surface area contributed by atoms with E-state index in [1.165, 1.54) is 11.3 Å². The summed E-state index contributed by atoms with van der Waals surface area (Å²) < 4.78 is 2.05. The minimum absolute atomic E-state index is 0.147. The number of thiazole rings is 1. The van der Waals surface area contributed by atoms with E-state index in [-0.39, 0.29) is 11.5 Å². The molecule has 6 heteroatoms. The van der Waals surface area contributed by atoms with Gasteiger partial charge < -0.3 is 4.90 Å². The van der Waals surface area contributed by atoms with Gasteiger partial charge in [0.15, 0.2) is 4.96 Å². The molecule has 3 heterocycles. The van der Waals surface area contributed by atoms with Crippen LogP contribution in [0.15, 0.2) is 83.7 Å². The number of hydrogen-bond acceptors (Lipinski definition) is 4. The van der Waals surface area contributed by atoms with E-state index in [9.17, 15) is 9.59 Å². The Morgan fingerprint density at radius 2 is 1.57 bits per heavy atom. The number of rotatable bonds is 2. The quantitative estimate of drug-likeness (QED) is 0.449. The Balaban J connectivity index is 1.61. The first-order chi connectivity index (χ1) is 14.7. The Morgan fingerprint density at radius 3 is 2.43 bits per heavy atom. The fraction of sp³-hybridized carbons (Fsp3) is 0.0417. The number of aromatic nitrogens is 2. The van der Waals surface area contributed by atoms with E-state index >= 15 is 0 Å². The first-order valence-corrected chi connectivity index (χ1v) is 10.4. The average Bonchev–Trinajstić information content (AvgIpc) is 3.38. The summed E-state index contributed by atoms with van der Waals surface area (Å²) >= 11 is 1.28. The summed E-state index contributed by atoms with van der Waals surface area (Å²) in [4.78, 5) is 33.8. The van der Waals surface area contributed by atoms with Crippen molar-refractivity contribution in [2.75, 3.05) is 4.90 Å². The molecule has 0 spiro atoms. The Bertz CT molecular complexity index is 1570. The number of hydrogen-bond donors (Lipinski definition) is 0. The maximum absolute atomic E-state index is 13.5. The number of fused-ring (bicyclic) bond motifs is 4. The number of carbonyl (C=O) groups is 1. The largest absolute Gasteiger partial charge is 0.303 e. The summed E-state index contributed by atoms with van der Waals surface area (Å²) in [5.74, 6) is -0.147. The predicted octanol–water partition coefficient (Wildman–Crippen LogP) is 3.37. The lowest BCUT2D eigenvalue weighted by Gasteiger charge is -2.17. The van der Waals surface area contributed by atoms with Gasteiger partial charge in [-0.15, -0.1) is 0 Å². The summed E-state index contributed by atoms with van der Waals surface area (Å²) in [6.45, 7) is 0.458. The van der Waals surface area contributed by atoms with Gasteiger partial charge in [-0.25, -0.2) is 9.38 Å². The number of nitrogens with zero attached hydrogens (tertiary/aromatic N) is 3. The molecular formula is C24H15N3O2S. The van der Waals surface area contributed by atoms with Crippen LogP contribution in [0.4, 0.5) is 5.69 Å². The molecule has 0 aliphatic carbocycles. The molecule has 0 fully saturated rings. The van der Waals surface area contributed by atoms with Crippen molar-refractivity contribution in [3.8, 4) is 0 Å². The van der Waals surface area contributed by atoms with Crippen molar-refractivity contribution in [1.29, 1.82) is 0 Å². The highest BCUT2D eigenvalue weighted by Gasteiger charge is 2.34. The lowest BCUT2D eigenvalue weighted by atomic mass is 10.1. The highest BCUT2D eigenvalue weighted by atomic mass is 32.1. The number of anilines is 1. The highest BCUT2D eigenvalue weighted by molar-refractivity contribution is 7.15. The Labute approximate surface area is 175 Å². The average molecular weight is 409 g/mol. The number of para-hydroxylation sites is 3. The summed E-state index contributed by atoms with van der Waals surface area (Å²) in [7, 11) is 0. The Morgan fingerprint density at radius 1 is 0.833 bits per heavy atom. The molecule has 0 saturated heterocycles. The van der Waals surface area contributed by atoms with Gasteiger partial charge in [0.05, 0.1) is 28.8 Å². The number of amides is 1. The molecule has 1 amide bonds. The third kappa shape index (κ3) is 2.37. The molecule has 30 heavy (non-hydrogen) atoms. The summed E-state index contributed by atoms with van der Waals surface area (Å²) in [6.07, 6.45) is 0. The van der Waals surface area contributed by atoms with Gasteiger partial charge >= 0.3 is 0 Å². The molecule has 0 unspecified atom stereocenters. The fourth-order valence-corrected chi connectivity index (χ4v) is 5.16. The van der Waals surface area contributed by atoms with Crippen LogP contribution in [-0.2, 0) is 11.3 Å². The molecule has 1 aliphatic rings. The van der Waals surface area contributed by atoms with E-state index in [1.807, 2.05) is 78.9 Å². The summed E-state index contributed by atoms with van der Waals surface area (Å²) in [5.41, 5.74) is 4.48. The second kappa shape index (κ2) is 6.37. The zero-order chi connectivity index (χ0) is 20.2. The monoisotopic (exact) mass is 409 g/mol.